The second-order valence-corrected chi connectivity index (χ2v) is 9.55. The number of nitrogens with zero attached hydrogens (tertiary/aromatic N) is 6. The van der Waals surface area contributed by atoms with Crippen LogP contribution in [0, 0.1) is 23.0 Å². The molecule has 5 rings (SSSR count). The number of nitrogens with one attached hydrogen (secondary N) is 3. The van der Waals surface area contributed by atoms with Crippen molar-refractivity contribution >= 4 is 28.6 Å². The van der Waals surface area contributed by atoms with Crippen LogP contribution in [-0.2, 0) is 6.54 Å². The molecule has 0 aliphatic carbocycles. The molecule has 3 aromatic heterocycles. The Balaban J connectivity index is 1.31. The van der Waals surface area contributed by atoms with Crippen molar-refractivity contribution in [2.24, 2.45) is 0 Å². The van der Waals surface area contributed by atoms with E-state index in [1.165, 1.54) is 12.3 Å². The number of nitriles is 1. The number of rotatable bonds is 8. The van der Waals surface area contributed by atoms with Gasteiger partial charge in [-0.25, -0.2) is 23.7 Å². The minimum absolute atomic E-state index is 0.0360. The summed E-state index contributed by atoms with van der Waals surface area (Å²) in [5.41, 5.74) is 3.77. The number of hydrogen-bond donors (Lipinski definition) is 3. The molecule has 1 unspecified atom stereocenters. The number of H-pyrrole nitrogens is 1. The van der Waals surface area contributed by atoms with Crippen molar-refractivity contribution in [3.8, 4) is 17.2 Å². The Kier molecular flexibility index (Phi) is 7.51. The van der Waals surface area contributed by atoms with Crippen LogP contribution < -0.4 is 15.5 Å². The van der Waals surface area contributed by atoms with Crippen molar-refractivity contribution in [3.63, 3.8) is 0 Å². The van der Waals surface area contributed by atoms with Gasteiger partial charge in [0.2, 0.25) is 0 Å². The molecule has 3 N–H and O–H groups in total. The lowest BCUT2D eigenvalue weighted by Crippen LogP contribution is -2.29. The van der Waals surface area contributed by atoms with Crippen LogP contribution in [0.4, 0.5) is 20.4 Å². The summed E-state index contributed by atoms with van der Waals surface area (Å²) in [7, 11) is 3.84. The molecule has 0 radical (unpaired) electrons. The molecule has 0 aliphatic rings. The summed E-state index contributed by atoms with van der Waals surface area (Å²) in [6.07, 6.45) is 3.05. The Bertz CT molecular complexity index is 1780. The van der Waals surface area contributed by atoms with Crippen LogP contribution in [0.1, 0.15) is 40.3 Å². The molecule has 5 aromatic rings. The topological polar surface area (TPSA) is 136 Å². The molecule has 1 amide bonds. The summed E-state index contributed by atoms with van der Waals surface area (Å²) < 4.78 is 27.0. The molecule has 1 atom stereocenters. The number of aromatic amines is 1. The molecule has 12 heteroatoms. The summed E-state index contributed by atoms with van der Waals surface area (Å²) >= 11 is 0. The molecule has 0 aliphatic heterocycles. The first kappa shape index (κ1) is 27.1. The lowest BCUT2D eigenvalue weighted by molar-refractivity contribution is 0.0935. The molecule has 206 valence electrons. The standard InChI is InChI=1S/C29H25F2N9O/c1-16(19-8-9-23(30)24(31)11-19)36-29(41)25-27(35-15-21(12-32)37-25)33-13-17-4-6-18(7-5-17)20-10-22-26(34-14-20)38-39-28(22)40(2)3/h4-11,14-16H,13H2,1-3H3,(H,33,35)(H,36,41)(H,34,38,39). The van der Waals surface area contributed by atoms with Gasteiger partial charge in [-0.05, 0) is 41.8 Å². The second-order valence-electron chi connectivity index (χ2n) is 9.55. The van der Waals surface area contributed by atoms with E-state index in [0.717, 1.165) is 40.0 Å². The average molecular weight is 554 g/mol. The van der Waals surface area contributed by atoms with Crippen molar-refractivity contribution in [3.05, 3.63) is 95.1 Å². The fourth-order valence-electron chi connectivity index (χ4n) is 4.25. The maximum absolute atomic E-state index is 13.7. The lowest BCUT2D eigenvalue weighted by atomic mass is 10.0. The van der Waals surface area contributed by atoms with E-state index in [9.17, 15) is 18.8 Å². The van der Waals surface area contributed by atoms with Gasteiger partial charge in [-0.3, -0.25) is 9.89 Å². The molecule has 0 spiro atoms. The number of benzene rings is 2. The second kappa shape index (κ2) is 11.4. The maximum atomic E-state index is 13.7. The Hall–Kier alpha value is -5.44. The van der Waals surface area contributed by atoms with Gasteiger partial charge < -0.3 is 15.5 Å². The van der Waals surface area contributed by atoms with Crippen LogP contribution in [0.5, 0.6) is 0 Å². The summed E-state index contributed by atoms with van der Waals surface area (Å²) in [5.74, 6) is -1.64. The highest BCUT2D eigenvalue weighted by atomic mass is 19.2. The highest BCUT2D eigenvalue weighted by Gasteiger charge is 2.20. The highest BCUT2D eigenvalue weighted by molar-refractivity contribution is 5.97. The maximum Gasteiger partial charge on any atom is 0.274 e. The van der Waals surface area contributed by atoms with Crippen LogP contribution in [-0.4, -0.2) is 45.2 Å². The van der Waals surface area contributed by atoms with Gasteiger partial charge in [0, 0.05) is 32.4 Å². The summed E-state index contributed by atoms with van der Waals surface area (Å²) in [6.45, 7) is 1.95. The van der Waals surface area contributed by atoms with E-state index >= 15 is 0 Å². The molecular weight excluding hydrogens is 528 g/mol. The smallest absolute Gasteiger partial charge is 0.274 e. The number of amides is 1. The predicted molar refractivity (Wildman–Crippen MR) is 150 cm³/mol. The van der Waals surface area contributed by atoms with Gasteiger partial charge in [0.1, 0.15) is 6.07 Å². The van der Waals surface area contributed by atoms with E-state index in [4.69, 9.17) is 0 Å². The molecular formula is C29H25F2N9O. The molecule has 0 fully saturated rings. The van der Waals surface area contributed by atoms with Crippen molar-refractivity contribution in [1.82, 2.24) is 30.5 Å². The lowest BCUT2D eigenvalue weighted by Gasteiger charge is -2.16. The molecule has 10 nitrogen and oxygen atoms in total. The number of hydrogen-bond acceptors (Lipinski definition) is 8. The zero-order chi connectivity index (χ0) is 29.1. The van der Waals surface area contributed by atoms with Gasteiger partial charge in [0.25, 0.3) is 5.91 Å². The monoisotopic (exact) mass is 553 g/mol. The summed E-state index contributed by atoms with van der Waals surface area (Å²) in [4.78, 5) is 27.8. The molecule has 0 saturated heterocycles. The van der Waals surface area contributed by atoms with Crippen LogP contribution in [0.25, 0.3) is 22.2 Å². The van der Waals surface area contributed by atoms with Crippen molar-refractivity contribution in [2.75, 3.05) is 24.3 Å². The fourth-order valence-corrected chi connectivity index (χ4v) is 4.25. The van der Waals surface area contributed by atoms with Crippen LogP contribution in [0.2, 0.25) is 0 Å². The number of aromatic nitrogens is 5. The number of fused-ring (bicyclic) bond motifs is 1. The third-order valence-electron chi connectivity index (χ3n) is 6.46. The van der Waals surface area contributed by atoms with Gasteiger partial charge in [0.05, 0.1) is 17.6 Å². The van der Waals surface area contributed by atoms with Gasteiger partial charge in [-0.15, -0.1) is 0 Å². The number of anilines is 2. The number of halogens is 2. The third kappa shape index (κ3) is 5.79. The molecule has 0 bridgehead atoms. The zero-order valence-electron chi connectivity index (χ0n) is 22.4. The van der Waals surface area contributed by atoms with Gasteiger partial charge in [0.15, 0.2) is 40.3 Å². The summed E-state index contributed by atoms with van der Waals surface area (Å²) in [5, 5.41) is 23.2. The quantitative estimate of drug-likeness (QED) is 0.251. The first-order valence-electron chi connectivity index (χ1n) is 12.6. The molecule has 2 aromatic carbocycles. The minimum atomic E-state index is -1.01. The highest BCUT2D eigenvalue weighted by Crippen LogP contribution is 2.27. The minimum Gasteiger partial charge on any atom is -0.364 e. The van der Waals surface area contributed by atoms with Gasteiger partial charge in [-0.2, -0.15) is 10.4 Å². The predicted octanol–water partition coefficient (Wildman–Crippen LogP) is 4.73. The van der Waals surface area contributed by atoms with E-state index in [0.29, 0.717) is 17.8 Å². The fraction of sp³-hybridized carbons (Fsp3) is 0.172. The SMILES string of the molecule is CC(NC(=O)c1nc(C#N)cnc1NCc1ccc(-c2cnc3[nH]nc(N(C)C)c3c2)cc1)c1ccc(F)c(F)c1. The van der Waals surface area contributed by atoms with E-state index < -0.39 is 23.6 Å². The first-order chi connectivity index (χ1) is 19.7. The number of carbonyl (C=O) groups excluding carboxylic acids is 1. The third-order valence-corrected chi connectivity index (χ3v) is 6.46. The largest absolute Gasteiger partial charge is 0.364 e. The Morgan fingerprint density at radius 2 is 1.83 bits per heavy atom. The van der Waals surface area contributed by atoms with E-state index in [2.05, 4.69) is 35.8 Å². The van der Waals surface area contributed by atoms with Gasteiger partial charge in [-0.1, -0.05) is 30.3 Å². The normalized spacial score (nSPS) is 11.6. The van der Waals surface area contributed by atoms with E-state index in [1.807, 2.05) is 55.4 Å². The van der Waals surface area contributed by atoms with Crippen molar-refractivity contribution in [1.29, 1.82) is 5.26 Å². The Morgan fingerprint density at radius 1 is 1.05 bits per heavy atom. The van der Waals surface area contributed by atoms with Crippen molar-refractivity contribution in [2.45, 2.75) is 19.5 Å². The van der Waals surface area contributed by atoms with Crippen LogP contribution >= 0.6 is 0 Å². The number of carbonyl (C=O) groups is 1. The van der Waals surface area contributed by atoms with E-state index in [1.54, 1.807) is 13.1 Å². The molecule has 3 heterocycles. The summed E-state index contributed by atoms with van der Waals surface area (Å²) in [6, 6.07) is 14.5. The Labute approximate surface area is 234 Å². The van der Waals surface area contributed by atoms with Crippen LogP contribution in [0.3, 0.4) is 0 Å². The van der Waals surface area contributed by atoms with Crippen LogP contribution in [0.15, 0.2) is 60.9 Å². The Morgan fingerprint density at radius 3 is 2.54 bits per heavy atom. The zero-order valence-corrected chi connectivity index (χ0v) is 22.4. The first-order valence-corrected chi connectivity index (χ1v) is 12.6. The average Bonchev–Trinajstić information content (AvgIpc) is 3.41. The van der Waals surface area contributed by atoms with Crippen molar-refractivity contribution < 1.29 is 13.6 Å². The molecule has 0 saturated carbocycles. The molecule has 41 heavy (non-hydrogen) atoms. The number of pyridine rings is 1. The van der Waals surface area contributed by atoms with Gasteiger partial charge >= 0.3 is 0 Å². The van der Waals surface area contributed by atoms with E-state index in [-0.39, 0.29) is 17.2 Å².